The fraction of sp³-hybridized carbons (Fsp3) is 0.300. The number of nitro benzene ring substituents is 1. The van der Waals surface area contributed by atoms with E-state index in [1.165, 1.54) is 18.2 Å². The van der Waals surface area contributed by atoms with E-state index in [1.54, 1.807) is 35.0 Å². The summed E-state index contributed by atoms with van der Waals surface area (Å²) in [4.78, 5) is 10.5. The number of halogens is 1. The van der Waals surface area contributed by atoms with Crippen LogP contribution in [0.4, 0.5) is 5.69 Å². The number of hydrogen-bond acceptors (Lipinski definition) is 8. The first-order valence-corrected chi connectivity index (χ1v) is 9.70. The molecule has 1 aliphatic rings. The maximum Gasteiger partial charge on any atom is 0.270 e. The molecule has 3 aromatic rings. The average Bonchev–Trinajstić information content (AvgIpc) is 3.18. The minimum Gasteiger partial charge on any atom is -0.460 e. The lowest BCUT2D eigenvalue weighted by Crippen LogP contribution is -2.60. The highest BCUT2D eigenvalue weighted by atomic mass is 35.5. The molecule has 0 bridgehead atoms. The van der Waals surface area contributed by atoms with Crippen molar-refractivity contribution in [3.05, 3.63) is 63.8 Å². The van der Waals surface area contributed by atoms with Gasteiger partial charge in [-0.1, -0.05) is 11.6 Å². The SMILES string of the molecule is O=[N+]([O-])c1ccc2c(ccn2-c2ccc(O[C@H]3OC(CO)[C@@H](O)[C@H](O)C3O)c(Cl)c2)c1. The van der Waals surface area contributed by atoms with E-state index in [9.17, 15) is 30.5 Å². The molecular weight excluding hydrogens is 432 g/mol. The van der Waals surface area contributed by atoms with Gasteiger partial charge in [0.25, 0.3) is 5.69 Å². The number of benzene rings is 2. The molecule has 0 spiro atoms. The van der Waals surface area contributed by atoms with Crippen LogP contribution in [0.1, 0.15) is 0 Å². The van der Waals surface area contributed by atoms with Gasteiger partial charge in [0.1, 0.15) is 30.2 Å². The quantitative estimate of drug-likeness (QED) is 0.336. The average molecular weight is 451 g/mol. The van der Waals surface area contributed by atoms with Crippen molar-refractivity contribution >= 4 is 28.2 Å². The van der Waals surface area contributed by atoms with Gasteiger partial charge in [-0.05, 0) is 30.3 Å². The molecule has 31 heavy (non-hydrogen) atoms. The lowest BCUT2D eigenvalue weighted by Gasteiger charge is -2.39. The Morgan fingerprint density at radius 3 is 2.55 bits per heavy atom. The highest BCUT2D eigenvalue weighted by molar-refractivity contribution is 6.32. The minimum atomic E-state index is -1.57. The van der Waals surface area contributed by atoms with Gasteiger partial charge < -0.3 is 34.5 Å². The number of non-ortho nitro benzene ring substituents is 1. The smallest absolute Gasteiger partial charge is 0.270 e. The monoisotopic (exact) mass is 450 g/mol. The molecule has 1 saturated heterocycles. The van der Waals surface area contributed by atoms with Crippen molar-refractivity contribution in [3.8, 4) is 11.4 Å². The van der Waals surface area contributed by atoms with E-state index in [-0.39, 0.29) is 16.5 Å². The maximum atomic E-state index is 11.0. The van der Waals surface area contributed by atoms with E-state index in [1.807, 2.05) is 0 Å². The van der Waals surface area contributed by atoms with Gasteiger partial charge in [-0.3, -0.25) is 10.1 Å². The third kappa shape index (κ3) is 3.97. The van der Waals surface area contributed by atoms with Crippen molar-refractivity contribution in [3.63, 3.8) is 0 Å². The second kappa shape index (κ2) is 8.42. The predicted octanol–water partition coefficient (Wildman–Crippen LogP) is 1.37. The Morgan fingerprint density at radius 1 is 1.10 bits per heavy atom. The van der Waals surface area contributed by atoms with Crippen molar-refractivity contribution in [1.29, 1.82) is 0 Å². The number of hydrogen-bond donors (Lipinski definition) is 4. The molecule has 1 fully saturated rings. The van der Waals surface area contributed by atoms with Crippen LogP contribution < -0.4 is 4.74 Å². The number of nitrogens with zero attached hydrogens (tertiary/aromatic N) is 2. The molecule has 0 saturated carbocycles. The standard InChI is InChI=1S/C20H19ClN2O8/c21-13-8-11(22-6-5-10-7-12(23(28)29)1-3-14(10)22)2-4-15(13)30-20-19(27)18(26)17(25)16(9-24)31-20/h1-8,16-20,24-27H,9H2/t16?,17-,18+,19?,20+/m1/s1. The topological polar surface area (TPSA) is 147 Å². The highest BCUT2D eigenvalue weighted by Crippen LogP contribution is 2.32. The fourth-order valence-electron chi connectivity index (χ4n) is 3.49. The zero-order valence-corrected chi connectivity index (χ0v) is 16.7. The zero-order valence-electron chi connectivity index (χ0n) is 15.9. The van der Waals surface area contributed by atoms with Gasteiger partial charge in [-0.2, -0.15) is 0 Å². The van der Waals surface area contributed by atoms with E-state index < -0.39 is 42.2 Å². The lowest BCUT2D eigenvalue weighted by atomic mass is 9.99. The summed E-state index contributed by atoms with van der Waals surface area (Å²) >= 11 is 6.34. The van der Waals surface area contributed by atoms with E-state index in [0.29, 0.717) is 11.1 Å². The van der Waals surface area contributed by atoms with E-state index in [4.69, 9.17) is 21.1 Å². The second-order valence-corrected chi connectivity index (χ2v) is 7.52. The summed E-state index contributed by atoms with van der Waals surface area (Å²) in [6.45, 7) is -0.573. The van der Waals surface area contributed by atoms with Gasteiger partial charge >= 0.3 is 0 Å². The predicted molar refractivity (Wildman–Crippen MR) is 109 cm³/mol. The summed E-state index contributed by atoms with van der Waals surface area (Å²) in [7, 11) is 0. The van der Waals surface area contributed by atoms with Crippen molar-refractivity contribution in [1.82, 2.24) is 4.57 Å². The van der Waals surface area contributed by atoms with Gasteiger partial charge in [0.2, 0.25) is 6.29 Å². The summed E-state index contributed by atoms with van der Waals surface area (Å²) in [5.74, 6) is 0.154. The van der Waals surface area contributed by atoms with Crippen LogP contribution in [-0.2, 0) is 4.74 Å². The van der Waals surface area contributed by atoms with E-state index in [0.717, 1.165) is 5.52 Å². The highest BCUT2D eigenvalue weighted by Gasteiger charge is 2.44. The summed E-state index contributed by atoms with van der Waals surface area (Å²) < 4.78 is 12.7. The Kier molecular flexibility index (Phi) is 5.84. The summed E-state index contributed by atoms with van der Waals surface area (Å²) in [5.41, 5.74) is 1.39. The Balaban J connectivity index is 1.59. The molecular formula is C20H19ClN2O8. The summed E-state index contributed by atoms with van der Waals surface area (Å²) in [6, 6.07) is 11.1. The normalized spacial score (nSPS) is 26.2. The molecule has 1 aromatic heterocycles. The number of rotatable bonds is 5. The molecule has 2 aromatic carbocycles. The second-order valence-electron chi connectivity index (χ2n) is 7.12. The largest absolute Gasteiger partial charge is 0.460 e. The Hall–Kier alpha value is -2.73. The number of aromatic nitrogens is 1. The molecule has 1 aliphatic heterocycles. The molecule has 11 heteroatoms. The number of aliphatic hydroxyl groups is 4. The van der Waals surface area contributed by atoms with Crippen LogP contribution in [0.25, 0.3) is 16.6 Å². The summed E-state index contributed by atoms with van der Waals surface area (Å²) in [5, 5.41) is 51.0. The molecule has 164 valence electrons. The molecule has 5 atom stereocenters. The van der Waals surface area contributed by atoms with Gasteiger partial charge in [0.05, 0.1) is 22.1 Å². The Morgan fingerprint density at radius 2 is 1.87 bits per heavy atom. The molecule has 4 rings (SSSR count). The van der Waals surface area contributed by atoms with E-state index >= 15 is 0 Å². The van der Waals surface area contributed by atoms with Crippen LogP contribution in [-0.4, -0.2) is 67.2 Å². The Labute approximate surface area is 180 Å². The van der Waals surface area contributed by atoms with Gasteiger partial charge in [0, 0.05) is 29.4 Å². The molecule has 0 radical (unpaired) electrons. The maximum absolute atomic E-state index is 11.0. The van der Waals surface area contributed by atoms with Gasteiger partial charge in [-0.25, -0.2) is 0 Å². The molecule has 10 nitrogen and oxygen atoms in total. The number of fused-ring (bicyclic) bond motifs is 1. The van der Waals surface area contributed by atoms with Crippen LogP contribution in [0, 0.1) is 10.1 Å². The number of ether oxygens (including phenoxy) is 2. The first-order chi connectivity index (χ1) is 14.8. The third-order valence-electron chi connectivity index (χ3n) is 5.17. The Bertz CT molecular complexity index is 1120. The van der Waals surface area contributed by atoms with Gasteiger partial charge in [-0.15, -0.1) is 0 Å². The van der Waals surface area contributed by atoms with Crippen LogP contribution in [0.2, 0.25) is 5.02 Å². The van der Waals surface area contributed by atoms with Crippen LogP contribution >= 0.6 is 11.6 Å². The van der Waals surface area contributed by atoms with Crippen molar-refractivity contribution < 1.29 is 34.8 Å². The zero-order chi connectivity index (χ0) is 22.3. The molecule has 2 heterocycles. The van der Waals surface area contributed by atoms with Crippen molar-refractivity contribution in [2.75, 3.05) is 6.61 Å². The van der Waals surface area contributed by atoms with Crippen molar-refractivity contribution in [2.45, 2.75) is 30.7 Å². The van der Waals surface area contributed by atoms with Crippen LogP contribution in [0.15, 0.2) is 48.7 Å². The molecule has 2 unspecified atom stereocenters. The van der Waals surface area contributed by atoms with Crippen LogP contribution in [0.3, 0.4) is 0 Å². The molecule has 4 N–H and O–H groups in total. The first-order valence-electron chi connectivity index (χ1n) is 9.32. The lowest BCUT2D eigenvalue weighted by molar-refractivity contribution is -0.384. The molecule has 0 amide bonds. The van der Waals surface area contributed by atoms with Gasteiger partial charge in [0.15, 0.2) is 0 Å². The number of aliphatic hydroxyl groups excluding tert-OH is 4. The van der Waals surface area contributed by atoms with Crippen LogP contribution in [0.5, 0.6) is 5.75 Å². The third-order valence-corrected chi connectivity index (χ3v) is 5.47. The minimum absolute atomic E-state index is 0.00782. The first kappa shape index (κ1) is 21.5. The number of nitro groups is 1. The molecule has 0 aliphatic carbocycles. The van der Waals surface area contributed by atoms with E-state index in [2.05, 4.69) is 0 Å². The fourth-order valence-corrected chi connectivity index (χ4v) is 3.71. The van der Waals surface area contributed by atoms with Crippen molar-refractivity contribution in [2.24, 2.45) is 0 Å². The summed E-state index contributed by atoms with van der Waals surface area (Å²) in [6.07, 6.45) is -5.32.